The van der Waals surface area contributed by atoms with Crippen LogP contribution in [0.25, 0.3) is 0 Å². The van der Waals surface area contributed by atoms with Crippen molar-refractivity contribution in [1.82, 2.24) is 5.32 Å². The average molecular weight is 228 g/mol. The van der Waals surface area contributed by atoms with Gasteiger partial charge < -0.3 is 15.8 Å². The zero-order valence-corrected chi connectivity index (χ0v) is 11.0. The lowest BCUT2D eigenvalue weighted by Gasteiger charge is -2.51. The molecule has 0 saturated heterocycles. The number of alkyl carbamates (subject to hydrolysis) is 1. The Morgan fingerprint density at radius 1 is 1.25 bits per heavy atom. The lowest BCUT2D eigenvalue weighted by atomic mass is 9.65. The van der Waals surface area contributed by atoms with Gasteiger partial charge in [-0.1, -0.05) is 0 Å². The van der Waals surface area contributed by atoms with Crippen LogP contribution in [0.3, 0.4) is 0 Å². The lowest BCUT2D eigenvalue weighted by molar-refractivity contribution is 0.0256. The van der Waals surface area contributed by atoms with Gasteiger partial charge in [-0.3, -0.25) is 0 Å². The van der Waals surface area contributed by atoms with Gasteiger partial charge in [0.15, 0.2) is 0 Å². The molecule has 1 aliphatic carbocycles. The first-order chi connectivity index (χ1) is 7.06. The number of rotatable bonds is 2. The largest absolute Gasteiger partial charge is 0.444 e. The third-order valence-corrected chi connectivity index (χ3v) is 3.18. The van der Waals surface area contributed by atoms with Crippen LogP contribution >= 0.6 is 0 Å². The molecule has 1 rings (SSSR count). The number of hydrogen-bond acceptors (Lipinski definition) is 3. The molecule has 94 valence electrons. The van der Waals surface area contributed by atoms with Crippen LogP contribution in [-0.4, -0.2) is 22.8 Å². The topological polar surface area (TPSA) is 64.3 Å². The molecule has 1 saturated carbocycles. The number of carbonyl (C=O) groups excluding carboxylic acids is 1. The summed E-state index contributed by atoms with van der Waals surface area (Å²) in [4.78, 5) is 11.7. The highest BCUT2D eigenvalue weighted by molar-refractivity contribution is 5.69. The summed E-state index contributed by atoms with van der Waals surface area (Å²) in [5.74, 6) is 0. The second kappa shape index (κ2) is 3.91. The van der Waals surface area contributed by atoms with Gasteiger partial charge in [0.1, 0.15) is 5.60 Å². The predicted molar refractivity (Wildman–Crippen MR) is 64.2 cm³/mol. The first kappa shape index (κ1) is 13.3. The van der Waals surface area contributed by atoms with Gasteiger partial charge >= 0.3 is 6.09 Å². The maximum Gasteiger partial charge on any atom is 0.408 e. The van der Waals surface area contributed by atoms with E-state index in [0.29, 0.717) is 0 Å². The van der Waals surface area contributed by atoms with E-state index in [9.17, 15) is 4.79 Å². The number of carbonyl (C=O) groups is 1. The van der Waals surface area contributed by atoms with E-state index >= 15 is 0 Å². The minimum absolute atomic E-state index is 0.296. The van der Waals surface area contributed by atoms with Crippen LogP contribution in [-0.2, 0) is 4.74 Å². The monoisotopic (exact) mass is 228 g/mol. The molecule has 0 aromatic heterocycles. The van der Waals surface area contributed by atoms with Crippen molar-refractivity contribution in [2.75, 3.05) is 0 Å². The van der Waals surface area contributed by atoms with E-state index in [1.165, 1.54) is 0 Å². The Bertz CT molecular complexity index is 270. The zero-order valence-electron chi connectivity index (χ0n) is 11.0. The Kier molecular flexibility index (Phi) is 3.25. The molecule has 0 aromatic rings. The summed E-state index contributed by atoms with van der Waals surface area (Å²) in [6.07, 6.45) is 2.59. The molecule has 16 heavy (non-hydrogen) atoms. The number of amides is 1. The van der Waals surface area contributed by atoms with Crippen LogP contribution < -0.4 is 11.1 Å². The van der Waals surface area contributed by atoms with Gasteiger partial charge in [-0.15, -0.1) is 0 Å². The first-order valence-electron chi connectivity index (χ1n) is 5.86. The van der Waals surface area contributed by atoms with Gasteiger partial charge in [-0.2, -0.15) is 0 Å². The molecule has 0 atom stereocenters. The molecule has 0 bridgehead atoms. The van der Waals surface area contributed by atoms with Gasteiger partial charge in [0.25, 0.3) is 0 Å². The van der Waals surface area contributed by atoms with Crippen LogP contribution in [0.1, 0.15) is 53.9 Å². The Balaban J connectivity index is 2.62. The summed E-state index contributed by atoms with van der Waals surface area (Å²) in [5.41, 5.74) is 4.94. The molecular formula is C12H24N2O2. The molecule has 0 unspecified atom stereocenters. The zero-order chi connectivity index (χ0) is 12.6. The van der Waals surface area contributed by atoms with Crippen molar-refractivity contribution in [3.63, 3.8) is 0 Å². The molecular weight excluding hydrogens is 204 g/mol. The molecule has 4 nitrogen and oxygen atoms in total. The Morgan fingerprint density at radius 3 is 2.00 bits per heavy atom. The van der Waals surface area contributed by atoms with Crippen LogP contribution in [0.4, 0.5) is 4.79 Å². The van der Waals surface area contributed by atoms with Gasteiger partial charge in [-0.25, -0.2) is 4.79 Å². The van der Waals surface area contributed by atoms with Gasteiger partial charge in [-0.05, 0) is 53.9 Å². The normalized spacial score (nSPS) is 19.9. The van der Waals surface area contributed by atoms with E-state index in [4.69, 9.17) is 10.5 Å². The Morgan fingerprint density at radius 2 is 1.75 bits per heavy atom. The van der Waals surface area contributed by atoms with Crippen molar-refractivity contribution in [1.29, 1.82) is 0 Å². The fourth-order valence-electron chi connectivity index (χ4n) is 1.96. The summed E-state index contributed by atoms with van der Waals surface area (Å²) >= 11 is 0. The van der Waals surface area contributed by atoms with E-state index in [0.717, 1.165) is 19.3 Å². The maximum absolute atomic E-state index is 11.7. The number of nitrogens with one attached hydrogen (secondary N) is 1. The van der Waals surface area contributed by atoms with E-state index in [1.54, 1.807) is 0 Å². The van der Waals surface area contributed by atoms with E-state index in [-0.39, 0.29) is 11.6 Å². The summed E-state index contributed by atoms with van der Waals surface area (Å²) in [5, 5.41) is 2.94. The van der Waals surface area contributed by atoms with Gasteiger partial charge in [0.2, 0.25) is 0 Å². The number of ether oxygens (including phenoxy) is 1. The summed E-state index contributed by atoms with van der Waals surface area (Å²) in [7, 11) is 0. The Labute approximate surface area is 97.9 Å². The van der Waals surface area contributed by atoms with Crippen LogP contribution in [0.5, 0.6) is 0 Å². The smallest absolute Gasteiger partial charge is 0.408 e. The standard InChI is InChI=1S/C12H24N2O2/c1-10(2,3)16-9(15)14-12(7-6-8-12)11(4,5)13/h6-8,13H2,1-5H3,(H,14,15). The molecule has 0 heterocycles. The van der Waals surface area contributed by atoms with Gasteiger partial charge in [0.05, 0.1) is 5.54 Å². The summed E-state index contributed by atoms with van der Waals surface area (Å²) in [6, 6.07) is 0. The fraction of sp³-hybridized carbons (Fsp3) is 0.917. The van der Waals surface area contributed by atoms with Gasteiger partial charge in [0, 0.05) is 5.54 Å². The maximum atomic E-state index is 11.7. The van der Waals surface area contributed by atoms with Crippen LogP contribution in [0.2, 0.25) is 0 Å². The summed E-state index contributed by atoms with van der Waals surface area (Å²) < 4.78 is 5.26. The number of hydrogen-bond donors (Lipinski definition) is 2. The van der Waals surface area contributed by atoms with Crippen molar-refractivity contribution in [3.8, 4) is 0 Å². The molecule has 0 aromatic carbocycles. The van der Waals surface area contributed by atoms with E-state index in [2.05, 4.69) is 5.32 Å². The summed E-state index contributed by atoms with van der Waals surface area (Å²) in [6.45, 7) is 9.46. The van der Waals surface area contributed by atoms with Crippen molar-refractivity contribution in [3.05, 3.63) is 0 Å². The molecule has 0 radical (unpaired) electrons. The molecule has 3 N–H and O–H groups in total. The molecule has 1 amide bonds. The first-order valence-corrected chi connectivity index (χ1v) is 5.86. The predicted octanol–water partition coefficient (Wildman–Crippen LogP) is 2.17. The van der Waals surface area contributed by atoms with E-state index in [1.807, 2.05) is 34.6 Å². The van der Waals surface area contributed by atoms with E-state index < -0.39 is 11.1 Å². The third-order valence-electron chi connectivity index (χ3n) is 3.18. The minimum Gasteiger partial charge on any atom is -0.444 e. The Hall–Kier alpha value is -0.770. The van der Waals surface area contributed by atoms with Crippen molar-refractivity contribution in [2.45, 2.75) is 70.6 Å². The quantitative estimate of drug-likeness (QED) is 0.761. The van der Waals surface area contributed by atoms with Crippen LogP contribution in [0.15, 0.2) is 0 Å². The third kappa shape index (κ3) is 2.88. The molecule has 4 heteroatoms. The number of nitrogens with two attached hydrogens (primary N) is 1. The van der Waals surface area contributed by atoms with Crippen molar-refractivity contribution < 1.29 is 9.53 Å². The SMILES string of the molecule is CC(C)(C)OC(=O)NC1(C(C)(C)N)CCC1. The molecule has 1 fully saturated rings. The highest BCUT2D eigenvalue weighted by Gasteiger charge is 2.49. The molecule has 0 aliphatic heterocycles. The highest BCUT2D eigenvalue weighted by Crippen LogP contribution is 2.39. The van der Waals surface area contributed by atoms with Crippen molar-refractivity contribution in [2.24, 2.45) is 5.73 Å². The van der Waals surface area contributed by atoms with Crippen molar-refractivity contribution >= 4 is 6.09 Å². The average Bonchev–Trinajstić information content (AvgIpc) is 1.90. The second-order valence-electron chi connectivity index (χ2n) is 6.28. The lowest BCUT2D eigenvalue weighted by Crippen LogP contribution is -2.69. The molecule has 1 aliphatic rings. The van der Waals surface area contributed by atoms with Crippen LogP contribution in [0, 0.1) is 0 Å². The second-order valence-corrected chi connectivity index (χ2v) is 6.28. The highest BCUT2D eigenvalue weighted by atomic mass is 16.6. The minimum atomic E-state index is -0.465. The fourth-order valence-corrected chi connectivity index (χ4v) is 1.96. The molecule has 0 spiro atoms.